The summed E-state index contributed by atoms with van der Waals surface area (Å²) in [5.41, 5.74) is 2.73. The van der Waals surface area contributed by atoms with Gasteiger partial charge in [0.25, 0.3) is 0 Å². The number of anilines is 1. The van der Waals surface area contributed by atoms with Crippen molar-refractivity contribution in [3.63, 3.8) is 0 Å². The van der Waals surface area contributed by atoms with Crippen LogP contribution in [0.25, 0.3) is 0 Å². The van der Waals surface area contributed by atoms with E-state index in [2.05, 4.69) is 41.0 Å². The molecule has 0 aliphatic carbocycles. The van der Waals surface area contributed by atoms with Gasteiger partial charge in [0.1, 0.15) is 0 Å². The number of hydrogen-bond acceptors (Lipinski definition) is 4. The highest BCUT2D eigenvalue weighted by molar-refractivity contribution is 5.33. The third-order valence-corrected chi connectivity index (χ3v) is 3.84. The molecule has 1 N–H and O–H groups in total. The van der Waals surface area contributed by atoms with E-state index in [1.54, 1.807) is 0 Å². The molecule has 0 saturated carbocycles. The van der Waals surface area contributed by atoms with Crippen molar-refractivity contribution in [3.05, 3.63) is 17.5 Å². The molecule has 18 heavy (non-hydrogen) atoms. The van der Waals surface area contributed by atoms with Gasteiger partial charge >= 0.3 is 0 Å². The van der Waals surface area contributed by atoms with Gasteiger partial charge in [0.05, 0.1) is 0 Å². The maximum absolute atomic E-state index is 4.64. The molecule has 4 nitrogen and oxygen atoms in total. The fourth-order valence-corrected chi connectivity index (χ4v) is 2.31. The number of aryl methyl sites for hydroxylation is 1. The average molecular weight is 248 g/mol. The van der Waals surface area contributed by atoms with Gasteiger partial charge < -0.3 is 10.2 Å². The topological polar surface area (TPSA) is 41.1 Å². The van der Waals surface area contributed by atoms with Crippen LogP contribution < -0.4 is 10.2 Å². The molecule has 1 fully saturated rings. The predicted molar refractivity (Wildman–Crippen MR) is 74.8 cm³/mol. The van der Waals surface area contributed by atoms with E-state index in [4.69, 9.17) is 0 Å². The minimum Gasteiger partial charge on any atom is -0.341 e. The lowest BCUT2D eigenvalue weighted by Gasteiger charge is -2.37. The quantitative estimate of drug-likeness (QED) is 0.889. The number of hydrogen-bond donors (Lipinski definition) is 1. The summed E-state index contributed by atoms with van der Waals surface area (Å²) >= 11 is 0. The molecule has 1 aromatic heterocycles. The fourth-order valence-electron chi connectivity index (χ4n) is 2.31. The lowest BCUT2D eigenvalue weighted by molar-refractivity contribution is 0.278. The molecule has 0 aromatic carbocycles. The van der Waals surface area contributed by atoms with Crippen LogP contribution in [-0.4, -0.2) is 30.1 Å². The SMILES string of the molecule is CNCc1cnc(N2CCC(C)(C)CC2)nc1C. The summed E-state index contributed by atoms with van der Waals surface area (Å²) in [6.07, 6.45) is 4.38. The van der Waals surface area contributed by atoms with E-state index in [1.807, 2.05) is 13.2 Å². The molecule has 1 aliphatic rings. The number of nitrogens with zero attached hydrogens (tertiary/aromatic N) is 3. The van der Waals surface area contributed by atoms with Crippen molar-refractivity contribution < 1.29 is 0 Å². The molecule has 0 bridgehead atoms. The molecule has 2 heterocycles. The van der Waals surface area contributed by atoms with Crippen LogP contribution in [-0.2, 0) is 6.54 Å². The van der Waals surface area contributed by atoms with Crippen molar-refractivity contribution >= 4 is 5.95 Å². The lowest BCUT2D eigenvalue weighted by Crippen LogP contribution is -2.38. The molecular weight excluding hydrogens is 224 g/mol. The van der Waals surface area contributed by atoms with Crippen LogP contribution in [0.3, 0.4) is 0 Å². The van der Waals surface area contributed by atoms with Gasteiger partial charge in [-0.1, -0.05) is 13.8 Å². The van der Waals surface area contributed by atoms with E-state index in [1.165, 1.54) is 18.4 Å². The third-order valence-electron chi connectivity index (χ3n) is 3.84. The summed E-state index contributed by atoms with van der Waals surface area (Å²) in [6, 6.07) is 0. The van der Waals surface area contributed by atoms with E-state index in [-0.39, 0.29) is 0 Å². The second-order valence-electron chi connectivity index (χ2n) is 5.96. The first-order chi connectivity index (χ1) is 8.52. The maximum Gasteiger partial charge on any atom is 0.225 e. The Kier molecular flexibility index (Phi) is 3.85. The summed E-state index contributed by atoms with van der Waals surface area (Å²) in [6.45, 7) is 9.71. The van der Waals surface area contributed by atoms with Gasteiger partial charge in [-0.3, -0.25) is 0 Å². The third kappa shape index (κ3) is 2.99. The minimum absolute atomic E-state index is 0.470. The van der Waals surface area contributed by atoms with Gasteiger partial charge in [0, 0.05) is 37.1 Å². The van der Waals surface area contributed by atoms with Crippen LogP contribution in [0.2, 0.25) is 0 Å². The van der Waals surface area contributed by atoms with Crippen molar-refractivity contribution in [1.29, 1.82) is 0 Å². The van der Waals surface area contributed by atoms with E-state index in [0.29, 0.717) is 5.41 Å². The second-order valence-corrected chi connectivity index (χ2v) is 5.96. The van der Waals surface area contributed by atoms with Gasteiger partial charge in [-0.05, 0) is 32.2 Å². The zero-order valence-electron chi connectivity index (χ0n) is 12.0. The largest absolute Gasteiger partial charge is 0.341 e. The Balaban J connectivity index is 2.08. The highest BCUT2D eigenvalue weighted by Crippen LogP contribution is 2.31. The first-order valence-corrected chi connectivity index (χ1v) is 6.74. The first-order valence-electron chi connectivity index (χ1n) is 6.74. The van der Waals surface area contributed by atoms with Gasteiger partial charge in [0.2, 0.25) is 5.95 Å². The zero-order valence-corrected chi connectivity index (χ0v) is 12.0. The van der Waals surface area contributed by atoms with Crippen LogP contribution in [0.15, 0.2) is 6.20 Å². The van der Waals surface area contributed by atoms with Crippen molar-refractivity contribution in [2.45, 2.75) is 40.2 Å². The van der Waals surface area contributed by atoms with Gasteiger partial charge in [-0.15, -0.1) is 0 Å². The first kappa shape index (κ1) is 13.3. The summed E-state index contributed by atoms with van der Waals surface area (Å²) in [4.78, 5) is 11.4. The van der Waals surface area contributed by atoms with E-state index in [9.17, 15) is 0 Å². The number of rotatable bonds is 3. The normalized spacial score (nSPS) is 19.0. The van der Waals surface area contributed by atoms with Gasteiger partial charge in [0.15, 0.2) is 0 Å². The lowest BCUT2D eigenvalue weighted by atomic mass is 9.83. The second kappa shape index (κ2) is 5.22. The predicted octanol–water partition coefficient (Wildman–Crippen LogP) is 2.13. The number of aromatic nitrogens is 2. The number of piperidine rings is 1. The Morgan fingerprint density at radius 3 is 2.56 bits per heavy atom. The Labute approximate surface area is 110 Å². The van der Waals surface area contributed by atoms with Crippen LogP contribution >= 0.6 is 0 Å². The van der Waals surface area contributed by atoms with Crippen molar-refractivity contribution in [2.75, 3.05) is 25.0 Å². The Bertz CT molecular complexity index is 404. The standard InChI is InChI=1S/C14H24N4/c1-11-12(9-15-4)10-16-13(17-11)18-7-5-14(2,3)6-8-18/h10,15H,5-9H2,1-4H3. The Morgan fingerprint density at radius 2 is 2.00 bits per heavy atom. The van der Waals surface area contributed by atoms with Crippen molar-refractivity contribution in [1.82, 2.24) is 15.3 Å². The molecule has 1 saturated heterocycles. The Morgan fingerprint density at radius 1 is 1.33 bits per heavy atom. The van der Waals surface area contributed by atoms with Gasteiger partial charge in [-0.25, -0.2) is 9.97 Å². The van der Waals surface area contributed by atoms with Crippen LogP contribution in [0.4, 0.5) is 5.95 Å². The van der Waals surface area contributed by atoms with E-state index >= 15 is 0 Å². The molecule has 2 rings (SSSR count). The molecular formula is C14H24N4. The summed E-state index contributed by atoms with van der Waals surface area (Å²) in [5, 5.41) is 3.14. The van der Waals surface area contributed by atoms with E-state index in [0.717, 1.165) is 31.3 Å². The van der Waals surface area contributed by atoms with Crippen LogP contribution in [0.5, 0.6) is 0 Å². The Hall–Kier alpha value is -1.16. The molecule has 0 amide bonds. The summed E-state index contributed by atoms with van der Waals surface area (Å²) < 4.78 is 0. The van der Waals surface area contributed by atoms with Crippen molar-refractivity contribution in [2.24, 2.45) is 5.41 Å². The maximum atomic E-state index is 4.64. The van der Waals surface area contributed by atoms with Gasteiger partial charge in [-0.2, -0.15) is 0 Å². The fraction of sp³-hybridized carbons (Fsp3) is 0.714. The molecule has 0 radical (unpaired) electrons. The molecule has 4 heteroatoms. The molecule has 0 unspecified atom stereocenters. The molecule has 1 aliphatic heterocycles. The molecule has 0 spiro atoms. The summed E-state index contributed by atoms with van der Waals surface area (Å²) in [5.74, 6) is 0.892. The highest BCUT2D eigenvalue weighted by Gasteiger charge is 2.26. The van der Waals surface area contributed by atoms with E-state index < -0.39 is 0 Å². The van der Waals surface area contributed by atoms with Crippen LogP contribution in [0, 0.1) is 12.3 Å². The molecule has 0 atom stereocenters. The monoisotopic (exact) mass is 248 g/mol. The van der Waals surface area contributed by atoms with Crippen LogP contribution in [0.1, 0.15) is 37.9 Å². The number of nitrogens with one attached hydrogen (secondary N) is 1. The van der Waals surface area contributed by atoms with Crippen molar-refractivity contribution in [3.8, 4) is 0 Å². The molecule has 100 valence electrons. The summed E-state index contributed by atoms with van der Waals surface area (Å²) in [7, 11) is 1.94. The zero-order chi connectivity index (χ0) is 13.2. The highest BCUT2D eigenvalue weighted by atomic mass is 15.3. The minimum atomic E-state index is 0.470. The smallest absolute Gasteiger partial charge is 0.225 e. The molecule has 1 aromatic rings. The average Bonchev–Trinajstić information content (AvgIpc) is 2.32.